The number of rotatable bonds is 15. The molecule has 0 spiro atoms. The fourth-order valence-electron chi connectivity index (χ4n) is 5.29. The van der Waals surface area contributed by atoms with Gasteiger partial charge in [0, 0.05) is 18.2 Å². The molecule has 0 aliphatic heterocycles. The Morgan fingerprint density at radius 1 is 0.944 bits per heavy atom. The molecule has 0 aromatic heterocycles. The monoisotopic (exact) mass is 491 g/mol. The van der Waals surface area contributed by atoms with E-state index in [1.807, 2.05) is 36.4 Å². The van der Waals surface area contributed by atoms with Gasteiger partial charge in [-0.1, -0.05) is 70.6 Å². The van der Waals surface area contributed by atoms with Crippen LogP contribution in [-0.4, -0.2) is 18.8 Å². The van der Waals surface area contributed by atoms with Gasteiger partial charge in [-0.25, -0.2) is 0 Å². The van der Waals surface area contributed by atoms with Crippen LogP contribution in [0.3, 0.4) is 0 Å². The molecule has 2 aromatic carbocycles. The van der Waals surface area contributed by atoms with Crippen LogP contribution in [0, 0.1) is 11.3 Å². The maximum atomic E-state index is 12.5. The van der Waals surface area contributed by atoms with Crippen LogP contribution in [0.4, 0.5) is 0 Å². The lowest BCUT2D eigenvalue weighted by molar-refractivity contribution is -0.134. The van der Waals surface area contributed by atoms with E-state index in [0.29, 0.717) is 30.1 Å². The number of esters is 1. The highest BCUT2D eigenvalue weighted by molar-refractivity contribution is 5.84. The Labute approximate surface area is 218 Å². The van der Waals surface area contributed by atoms with Crippen molar-refractivity contribution in [1.82, 2.24) is 0 Å². The minimum absolute atomic E-state index is 0.265. The smallest absolute Gasteiger partial charge is 0.311 e. The van der Waals surface area contributed by atoms with E-state index in [4.69, 9.17) is 14.9 Å². The van der Waals surface area contributed by atoms with Gasteiger partial charge in [-0.05, 0) is 85.8 Å². The van der Waals surface area contributed by atoms with Crippen molar-refractivity contribution in [3.8, 4) is 11.5 Å². The molecule has 0 heterocycles. The number of ether oxygens (including phenoxy) is 2. The molecule has 0 saturated heterocycles. The summed E-state index contributed by atoms with van der Waals surface area (Å²) >= 11 is 0. The topological polar surface area (TPSA) is 59.4 Å². The summed E-state index contributed by atoms with van der Waals surface area (Å²) in [6.45, 7) is 5.25. The second kappa shape index (κ2) is 15.5. The Hall–Kier alpha value is -2.62. The zero-order valence-corrected chi connectivity index (χ0v) is 22.4. The summed E-state index contributed by atoms with van der Waals surface area (Å²) in [5, 5.41) is 7.84. The Bertz CT molecular complexity index is 929. The molecule has 0 unspecified atom stereocenters. The summed E-state index contributed by atoms with van der Waals surface area (Å²) in [5.74, 6) is 2.53. The minimum atomic E-state index is -0.265. The molecule has 1 aliphatic rings. The summed E-state index contributed by atoms with van der Waals surface area (Å²) in [6.07, 6.45) is 16.0. The number of carbonyl (C=O) groups is 1. The van der Waals surface area contributed by atoms with E-state index >= 15 is 0 Å². The largest absolute Gasteiger partial charge is 0.494 e. The summed E-state index contributed by atoms with van der Waals surface area (Å²) in [5.41, 5.74) is 3.04. The highest BCUT2D eigenvalue weighted by Crippen LogP contribution is 2.38. The fourth-order valence-corrected chi connectivity index (χ4v) is 5.29. The van der Waals surface area contributed by atoms with Crippen molar-refractivity contribution in [2.24, 2.45) is 5.92 Å². The molecular weight excluding hydrogens is 446 g/mol. The molecule has 196 valence electrons. The number of benzene rings is 2. The van der Waals surface area contributed by atoms with Gasteiger partial charge in [0.25, 0.3) is 0 Å². The molecule has 0 amide bonds. The van der Waals surface area contributed by atoms with Gasteiger partial charge in [-0.15, -0.1) is 0 Å². The summed E-state index contributed by atoms with van der Waals surface area (Å²) < 4.78 is 11.5. The lowest BCUT2D eigenvalue weighted by atomic mass is 9.77. The Balaban J connectivity index is 1.43. The zero-order valence-electron chi connectivity index (χ0n) is 22.4. The molecule has 0 radical (unpaired) electrons. The first kappa shape index (κ1) is 28.0. The lowest BCUT2D eigenvalue weighted by Gasteiger charge is -2.29. The van der Waals surface area contributed by atoms with Crippen molar-refractivity contribution in [2.45, 2.75) is 103 Å². The van der Waals surface area contributed by atoms with Gasteiger partial charge >= 0.3 is 5.97 Å². The van der Waals surface area contributed by atoms with Gasteiger partial charge < -0.3 is 14.9 Å². The average Bonchev–Trinajstić information content (AvgIpc) is 2.91. The van der Waals surface area contributed by atoms with Crippen LogP contribution in [0.1, 0.15) is 114 Å². The standard InChI is InChI=1S/C32H45NO3/c1-3-5-6-7-8-22-35-30-18-12-26(13-19-30)14-21-32(34)36-31-20-17-28(23-29(31)24-33)27-15-10-25(9-4-2)11-16-27/h12-13,17-20,23-25,27,33H,3-11,14-16,21-22H2,1-2H3. The minimum Gasteiger partial charge on any atom is -0.494 e. The van der Waals surface area contributed by atoms with Crippen LogP contribution in [0.5, 0.6) is 11.5 Å². The van der Waals surface area contributed by atoms with Crippen molar-refractivity contribution < 1.29 is 14.3 Å². The van der Waals surface area contributed by atoms with Crippen LogP contribution in [0.15, 0.2) is 42.5 Å². The third kappa shape index (κ3) is 9.11. The van der Waals surface area contributed by atoms with E-state index < -0.39 is 0 Å². The summed E-state index contributed by atoms with van der Waals surface area (Å²) in [7, 11) is 0. The second-order valence-electron chi connectivity index (χ2n) is 10.3. The van der Waals surface area contributed by atoms with Gasteiger partial charge in [-0.2, -0.15) is 0 Å². The quantitative estimate of drug-likeness (QED) is 0.117. The molecule has 1 saturated carbocycles. The van der Waals surface area contributed by atoms with E-state index in [0.717, 1.165) is 30.3 Å². The van der Waals surface area contributed by atoms with Gasteiger partial charge in [0.1, 0.15) is 11.5 Å². The Morgan fingerprint density at radius 3 is 2.39 bits per heavy atom. The maximum absolute atomic E-state index is 12.5. The van der Waals surface area contributed by atoms with E-state index in [9.17, 15) is 4.79 Å². The molecule has 4 heteroatoms. The lowest BCUT2D eigenvalue weighted by Crippen LogP contribution is -2.14. The van der Waals surface area contributed by atoms with E-state index in [1.54, 1.807) is 0 Å². The molecule has 0 atom stereocenters. The van der Waals surface area contributed by atoms with Crippen LogP contribution < -0.4 is 9.47 Å². The van der Waals surface area contributed by atoms with E-state index in [2.05, 4.69) is 19.9 Å². The zero-order chi connectivity index (χ0) is 25.6. The highest BCUT2D eigenvalue weighted by atomic mass is 16.5. The molecule has 3 rings (SSSR count). The third-order valence-corrected chi connectivity index (χ3v) is 7.49. The van der Waals surface area contributed by atoms with Gasteiger partial charge in [0.2, 0.25) is 0 Å². The van der Waals surface area contributed by atoms with Gasteiger partial charge in [0.15, 0.2) is 0 Å². The van der Waals surface area contributed by atoms with Crippen molar-refractivity contribution in [3.63, 3.8) is 0 Å². The number of aryl methyl sites for hydroxylation is 1. The first-order valence-corrected chi connectivity index (χ1v) is 14.2. The molecule has 2 aromatic rings. The molecule has 1 N–H and O–H groups in total. The van der Waals surface area contributed by atoms with Crippen LogP contribution in [0.2, 0.25) is 0 Å². The van der Waals surface area contributed by atoms with Gasteiger partial charge in [0.05, 0.1) is 6.61 Å². The molecule has 0 bridgehead atoms. The number of hydrogen-bond acceptors (Lipinski definition) is 4. The second-order valence-corrected chi connectivity index (χ2v) is 10.3. The average molecular weight is 492 g/mol. The number of carbonyl (C=O) groups excluding carboxylic acids is 1. The van der Waals surface area contributed by atoms with Crippen molar-refractivity contribution >= 4 is 12.2 Å². The van der Waals surface area contributed by atoms with Gasteiger partial charge in [-0.3, -0.25) is 4.79 Å². The van der Waals surface area contributed by atoms with Crippen molar-refractivity contribution in [2.75, 3.05) is 6.61 Å². The van der Waals surface area contributed by atoms with E-state index in [1.165, 1.54) is 76.0 Å². The number of hydrogen-bond donors (Lipinski definition) is 1. The normalized spacial score (nSPS) is 17.5. The molecule has 4 nitrogen and oxygen atoms in total. The third-order valence-electron chi connectivity index (χ3n) is 7.49. The van der Waals surface area contributed by atoms with Crippen LogP contribution in [-0.2, 0) is 11.2 Å². The predicted octanol–water partition coefficient (Wildman–Crippen LogP) is 8.65. The summed E-state index contributed by atoms with van der Waals surface area (Å²) in [4.78, 5) is 12.5. The summed E-state index contributed by atoms with van der Waals surface area (Å²) in [6, 6.07) is 14.0. The van der Waals surface area contributed by atoms with Crippen molar-refractivity contribution in [3.05, 3.63) is 59.2 Å². The molecule has 1 fully saturated rings. The SMILES string of the molecule is CCCCCCCOc1ccc(CCC(=O)Oc2ccc(C3CCC(CCC)CC3)cc2C=N)cc1. The van der Waals surface area contributed by atoms with Crippen LogP contribution >= 0.6 is 0 Å². The van der Waals surface area contributed by atoms with Crippen molar-refractivity contribution in [1.29, 1.82) is 5.41 Å². The fraction of sp³-hybridized carbons (Fsp3) is 0.562. The first-order valence-electron chi connectivity index (χ1n) is 14.2. The highest BCUT2D eigenvalue weighted by Gasteiger charge is 2.22. The predicted molar refractivity (Wildman–Crippen MR) is 149 cm³/mol. The van der Waals surface area contributed by atoms with Crippen LogP contribution in [0.25, 0.3) is 0 Å². The molecule has 1 aliphatic carbocycles. The molecular formula is C32H45NO3. The maximum Gasteiger partial charge on any atom is 0.311 e. The Kier molecular flexibility index (Phi) is 12.0. The number of nitrogens with one attached hydrogen (secondary N) is 1. The number of unbranched alkanes of at least 4 members (excludes halogenated alkanes) is 4. The first-order chi connectivity index (χ1) is 17.6. The Morgan fingerprint density at radius 2 is 1.69 bits per heavy atom. The molecule has 36 heavy (non-hydrogen) atoms. The van der Waals surface area contributed by atoms with E-state index in [-0.39, 0.29) is 5.97 Å².